The first-order valence-electron chi connectivity index (χ1n) is 9.23. The van der Waals surface area contributed by atoms with Gasteiger partial charge in [0.2, 0.25) is 15.9 Å². The van der Waals surface area contributed by atoms with E-state index < -0.39 is 10.0 Å². The molecule has 1 aromatic carbocycles. The van der Waals surface area contributed by atoms with Gasteiger partial charge in [0.1, 0.15) is 13.2 Å². The molecule has 0 spiro atoms. The second kappa shape index (κ2) is 8.73. The molecule has 0 saturated heterocycles. The van der Waals surface area contributed by atoms with E-state index in [9.17, 15) is 13.2 Å². The summed E-state index contributed by atoms with van der Waals surface area (Å²) in [6.45, 7) is 0.911. The van der Waals surface area contributed by atoms with E-state index in [2.05, 4.69) is 10.0 Å². The van der Waals surface area contributed by atoms with Crippen molar-refractivity contribution < 1.29 is 22.7 Å². The van der Waals surface area contributed by atoms with Gasteiger partial charge in [0.25, 0.3) is 0 Å². The lowest BCUT2D eigenvalue weighted by Gasteiger charge is -2.19. The summed E-state index contributed by atoms with van der Waals surface area (Å²) >= 11 is 0. The molecule has 0 atom stereocenters. The molecule has 1 aliphatic carbocycles. The summed E-state index contributed by atoms with van der Waals surface area (Å²) in [5.74, 6) is 0.852. The summed E-state index contributed by atoms with van der Waals surface area (Å²) < 4.78 is 38.1. The van der Waals surface area contributed by atoms with Crippen LogP contribution in [0.5, 0.6) is 11.5 Å². The van der Waals surface area contributed by atoms with E-state index in [0.29, 0.717) is 24.7 Å². The van der Waals surface area contributed by atoms with Crippen molar-refractivity contribution in [1.82, 2.24) is 10.0 Å². The predicted molar refractivity (Wildman–Crippen MR) is 96.9 cm³/mol. The molecule has 1 amide bonds. The van der Waals surface area contributed by atoms with Crippen LogP contribution in [0.15, 0.2) is 23.1 Å². The normalized spacial score (nSPS) is 18.2. The summed E-state index contributed by atoms with van der Waals surface area (Å²) in [4.78, 5) is 12.2. The van der Waals surface area contributed by atoms with Gasteiger partial charge < -0.3 is 14.8 Å². The van der Waals surface area contributed by atoms with Gasteiger partial charge in [0.05, 0.1) is 4.90 Å². The Morgan fingerprint density at radius 2 is 1.73 bits per heavy atom. The molecule has 1 aliphatic heterocycles. The first kappa shape index (κ1) is 19.0. The number of carbonyl (C=O) groups is 1. The molecule has 2 aliphatic rings. The van der Waals surface area contributed by atoms with Crippen molar-refractivity contribution in [2.45, 2.75) is 55.9 Å². The van der Waals surface area contributed by atoms with Crippen molar-refractivity contribution in [2.75, 3.05) is 19.8 Å². The number of fused-ring (bicyclic) bond motifs is 1. The van der Waals surface area contributed by atoms with Crippen molar-refractivity contribution in [3.8, 4) is 11.5 Å². The van der Waals surface area contributed by atoms with Gasteiger partial charge in [-0.15, -0.1) is 0 Å². The number of nitrogens with one attached hydrogen (secondary N) is 2. The standard InChI is InChI=1S/C18H26N2O5S/c21-18(20-14-5-3-1-2-4-6-14)9-10-19-26(22,23)15-7-8-16-17(13-15)25-12-11-24-16/h7-8,13-14,19H,1-6,9-12H2,(H,20,21). The molecule has 1 fully saturated rings. The van der Waals surface area contributed by atoms with Crippen LogP contribution >= 0.6 is 0 Å². The quantitative estimate of drug-likeness (QED) is 0.734. The number of benzene rings is 1. The Bertz CT molecular complexity index is 727. The molecule has 0 aromatic heterocycles. The first-order valence-corrected chi connectivity index (χ1v) is 10.7. The molecule has 2 N–H and O–H groups in total. The lowest BCUT2D eigenvalue weighted by atomic mass is 10.1. The van der Waals surface area contributed by atoms with Gasteiger partial charge in [-0.3, -0.25) is 4.79 Å². The Morgan fingerprint density at radius 3 is 2.46 bits per heavy atom. The minimum atomic E-state index is -3.69. The third-order valence-corrected chi connectivity index (χ3v) is 6.15. The van der Waals surface area contributed by atoms with Crippen LogP contribution in [0, 0.1) is 0 Å². The molecule has 8 heteroatoms. The molecule has 144 valence electrons. The summed E-state index contributed by atoms with van der Waals surface area (Å²) in [6.07, 6.45) is 6.87. The maximum atomic E-state index is 12.4. The molecule has 7 nitrogen and oxygen atoms in total. The highest BCUT2D eigenvalue weighted by molar-refractivity contribution is 7.89. The highest BCUT2D eigenvalue weighted by atomic mass is 32.2. The van der Waals surface area contributed by atoms with Crippen molar-refractivity contribution in [2.24, 2.45) is 0 Å². The number of hydrogen-bond acceptors (Lipinski definition) is 5. The number of rotatable bonds is 6. The van der Waals surface area contributed by atoms with Crippen LogP contribution in [0.1, 0.15) is 44.9 Å². The monoisotopic (exact) mass is 382 g/mol. The van der Waals surface area contributed by atoms with E-state index in [1.807, 2.05) is 0 Å². The van der Waals surface area contributed by atoms with E-state index in [-0.39, 0.29) is 29.8 Å². The van der Waals surface area contributed by atoms with Crippen LogP contribution in [0.25, 0.3) is 0 Å². The predicted octanol–water partition coefficient (Wildman–Crippen LogP) is 1.97. The van der Waals surface area contributed by atoms with Gasteiger partial charge in [0.15, 0.2) is 11.5 Å². The third-order valence-electron chi connectivity index (χ3n) is 4.69. The SMILES string of the molecule is O=C(CCNS(=O)(=O)c1ccc2c(c1)OCCO2)NC1CCCCCC1. The van der Waals surface area contributed by atoms with Crippen molar-refractivity contribution in [3.63, 3.8) is 0 Å². The maximum absolute atomic E-state index is 12.4. The van der Waals surface area contributed by atoms with Gasteiger partial charge in [-0.2, -0.15) is 0 Å². The highest BCUT2D eigenvalue weighted by Gasteiger charge is 2.20. The molecule has 0 radical (unpaired) electrons. The number of hydrogen-bond donors (Lipinski definition) is 2. The average Bonchev–Trinajstić information content (AvgIpc) is 2.89. The lowest BCUT2D eigenvalue weighted by molar-refractivity contribution is -0.121. The van der Waals surface area contributed by atoms with Gasteiger partial charge in [-0.25, -0.2) is 13.1 Å². The van der Waals surface area contributed by atoms with Crippen molar-refractivity contribution in [1.29, 1.82) is 0 Å². The Labute approximate surface area is 154 Å². The zero-order chi connectivity index (χ0) is 18.4. The van der Waals surface area contributed by atoms with Crippen LogP contribution in [-0.4, -0.2) is 40.1 Å². The van der Waals surface area contributed by atoms with E-state index in [1.54, 1.807) is 6.07 Å². The molecule has 26 heavy (non-hydrogen) atoms. The van der Waals surface area contributed by atoms with Gasteiger partial charge in [0, 0.05) is 25.1 Å². The molecule has 0 bridgehead atoms. The fourth-order valence-corrected chi connectivity index (χ4v) is 4.34. The minimum Gasteiger partial charge on any atom is -0.486 e. The van der Waals surface area contributed by atoms with Crippen molar-refractivity contribution in [3.05, 3.63) is 18.2 Å². The van der Waals surface area contributed by atoms with E-state index in [0.717, 1.165) is 25.7 Å². The summed E-state index contributed by atoms with van der Waals surface area (Å²) in [5, 5.41) is 3.02. The molecule has 1 saturated carbocycles. The van der Waals surface area contributed by atoms with Gasteiger partial charge in [-0.1, -0.05) is 25.7 Å². The number of carbonyl (C=O) groups excluding carboxylic acids is 1. The van der Waals surface area contributed by atoms with Crippen LogP contribution in [0.3, 0.4) is 0 Å². The lowest BCUT2D eigenvalue weighted by Crippen LogP contribution is -2.36. The van der Waals surface area contributed by atoms with Crippen LogP contribution in [0.2, 0.25) is 0 Å². The fraction of sp³-hybridized carbons (Fsp3) is 0.611. The molecule has 3 rings (SSSR count). The zero-order valence-corrected chi connectivity index (χ0v) is 15.6. The molecule has 0 unspecified atom stereocenters. The minimum absolute atomic E-state index is 0.0648. The van der Waals surface area contributed by atoms with Crippen LogP contribution < -0.4 is 19.5 Å². The second-order valence-electron chi connectivity index (χ2n) is 6.71. The van der Waals surface area contributed by atoms with E-state index >= 15 is 0 Å². The topological polar surface area (TPSA) is 93.7 Å². The highest BCUT2D eigenvalue weighted by Crippen LogP contribution is 2.32. The summed E-state index contributed by atoms with van der Waals surface area (Å²) in [7, 11) is -3.69. The number of ether oxygens (including phenoxy) is 2. The largest absolute Gasteiger partial charge is 0.486 e. The Kier molecular flexibility index (Phi) is 6.37. The Balaban J connectivity index is 1.49. The molecule has 1 aromatic rings. The van der Waals surface area contributed by atoms with Crippen LogP contribution in [-0.2, 0) is 14.8 Å². The molecular weight excluding hydrogens is 356 g/mol. The van der Waals surface area contributed by atoms with Crippen LogP contribution in [0.4, 0.5) is 0 Å². The molecular formula is C18H26N2O5S. The van der Waals surface area contributed by atoms with Gasteiger partial charge >= 0.3 is 0 Å². The van der Waals surface area contributed by atoms with Crippen molar-refractivity contribution >= 4 is 15.9 Å². The summed E-state index contributed by atoms with van der Waals surface area (Å²) in [5.41, 5.74) is 0. The second-order valence-corrected chi connectivity index (χ2v) is 8.48. The molecule has 1 heterocycles. The number of sulfonamides is 1. The van der Waals surface area contributed by atoms with Gasteiger partial charge in [-0.05, 0) is 25.0 Å². The third kappa shape index (κ3) is 5.11. The Hall–Kier alpha value is -1.80. The smallest absolute Gasteiger partial charge is 0.240 e. The van der Waals surface area contributed by atoms with E-state index in [4.69, 9.17) is 9.47 Å². The summed E-state index contributed by atoms with van der Waals surface area (Å²) in [6, 6.07) is 4.73. The first-order chi connectivity index (χ1) is 12.5. The average molecular weight is 382 g/mol. The Morgan fingerprint density at radius 1 is 1.04 bits per heavy atom. The zero-order valence-electron chi connectivity index (χ0n) is 14.8. The van der Waals surface area contributed by atoms with E-state index in [1.165, 1.54) is 25.0 Å². The number of amides is 1. The fourth-order valence-electron chi connectivity index (χ4n) is 3.30. The maximum Gasteiger partial charge on any atom is 0.240 e.